The summed E-state index contributed by atoms with van der Waals surface area (Å²) in [5, 5.41) is 0. The second-order valence-corrected chi connectivity index (χ2v) is 3.21. The monoisotopic (exact) mass is 177 g/mol. The van der Waals surface area contributed by atoms with Crippen molar-refractivity contribution >= 4 is 5.78 Å². The number of Topliss-reactive ketones (excluding diaryl/α,β-unsaturated/α-hetero) is 1. The number of carbonyl (C=O) groups is 1. The second kappa shape index (κ2) is 5.46. The van der Waals surface area contributed by atoms with Crippen LogP contribution in [0.25, 0.3) is 0 Å². The van der Waals surface area contributed by atoms with Gasteiger partial charge in [-0.15, -0.1) is 0 Å². The lowest BCUT2D eigenvalue weighted by Crippen LogP contribution is -1.90. The van der Waals surface area contributed by atoms with Gasteiger partial charge in [0, 0.05) is 18.0 Å². The molecule has 0 saturated heterocycles. The zero-order chi connectivity index (χ0) is 9.52. The zero-order valence-corrected chi connectivity index (χ0v) is 7.99. The van der Waals surface area contributed by atoms with Crippen LogP contribution in [0.2, 0.25) is 0 Å². The molecule has 13 heavy (non-hydrogen) atoms. The Labute approximate surface area is 79.0 Å². The number of carbonyl (C=O) groups excluding carboxylic acids is 1. The molecule has 1 saturated carbocycles. The zero-order valence-electron chi connectivity index (χ0n) is 7.99. The number of pyridine rings is 1. The lowest BCUT2D eigenvalue weighted by molar-refractivity contribution is 0.101. The van der Waals surface area contributed by atoms with Crippen LogP contribution in [0.5, 0.6) is 0 Å². The molecule has 0 aliphatic heterocycles. The van der Waals surface area contributed by atoms with E-state index >= 15 is 0 Å². The SMILES string of the molecule is C1CCC1.CC(=O)c1cccnc1. The van der Waals surface area contributed by atoms with Gasteiger partial charge in [0.25, 0.3) is 0 Å². The van der Waals surface area contributed by atoms with Crippen molar-refractivity contribution in [2.45, 2.75) is 32.6 Å². The van der Waals surface area contributed by atoms with Gasteiger partial charge in [0.2, 0.25) is 0 Å². The summed E-state index contributed by atoms with van der Waals surface area (Å²) in [6, 6.07) is 3.49. The van der Waals surface area contributed by atoms with Crippen LogP contribution in [0, 0.1) is 0 Å². The maximum atomic E-state index is 10.6. The Morgan fingerprint density at radius 1 is 1.31 bits per heavy atom. The Kier molecular flexibility index (Phi) is 4.16. The van der Waals surface area contributed by atoms with Crippen molar-refractivity contribution in [2.24, 2.45) is 0 Å². The maximum absolute atomic E-state index is 10.6. The summed E-state index contributed by atoms with van der Waals surface area (Å²) in [4.78, 5) is 14.4. The Hall–Kier alpha value is -1.18. The first kappa shape index (κ1) is 9.90. The molecule has 1 heterocycles. The summed E-state index contributed by atoms with van der Waals surface area (Å²) < 4.78 is 0. The fraction of sp³-hybridized carbons (Fsp3) is 0.455. The second-order valence-electron chi connectivity index (χ2n) is 3.21. The van der Waals surface area contributed by atoms with E-state index < -0.39 is 0 Å². The largest absolute Gasteiger partial charge is 0.294 e. The van der Waals surface area contributed by atoms with Crippen molar-refractivity contribution in [3.05, 3.63) is 30.1 Å². The molecule has 0 N–H and O–H groups in total. The van der Waals surface area contributed by atoms with E-state index in [1.807, 2.05) is 0 Å². The van der Waals surface area contributed by atoms with Gasteiger partial charge in [0.05, 0.1) is 0 Å². The molecular weight excluding hydrogens is 162 g/mol. The molecule has 1 aromatic heterocycles. The van der Waals surface area contributed by atoms with Gasteiger partial charge in [-0.1, -0.05) is 25.7 Å². The molecule has 0 spiro atoms. The van der Waals surface area contributed by atoms with Crippen LogP contribution in [0.1, 0.15) is 43.0 Å². The standard InChI is InChI=1S/C7H7NO.C4H8/c1-6(9)7-3-2-4-8-5-7;1-2-4-3-1/h2-5H,1H3;1-4H2. The summed E-state index contributed by atoms with van der Waals surface area (Å²) in [6.45, 7) is 1.52. The Morgan fingerprint density at radius 2 is 1.92 bits per heavy atom. The minimum absolute atomic E-state index is 0.0584. The molecule has 1 aromatic rings. The molecule has 0 aromatic carbocycles. The number of rotatable bonds is 1. The molecule has 0 bridgehead atoms. The average Bonchev–Trinajstić information content (AvgIpc) is 2.03. The van der Waals surface area contributed by atoms with Crippen molar-refractivity contribution in [2.75, 3.05) is 0 Å². The average molecular weight is 177 g/mol. The highest BCUT2D eigenvalue weighted by molar-refractivity contribution is 5.93. The van der Waals surface area contributed by atoms with Crippen LogP contribution in [0.4, 0.5) is 0 Å². The van der Waals surface area contributed by atoms with Crippen molar-refractivity contribution in [3.63, 3.8) is 0 Å². The fourth-order valence-electron chi connectivity index (χ4n) is 0.821. The Balaban J connectivity index is 0.000000175. The number of aromatic nitrogens is 1. The molecule has 0 amide bonds. The third-order valence-electron chi connectivity index (χ3n) is 2.07. The van der Waals surface area contributed by atoms with Gasteiger partial charge in [0.1, 0.15) is 0 Å². The van der Waals surface area contributed by atoms with E-state index in [-0.39, 0.29) is 5.78 Å². The Morgan fingerprint density at radius 3 is 2.15 bits per heavy atom. The van der Waals surface area contributed by atoms with E-state index in [1.165, 1.54) is 32.6 Å². The van der Waals surface area contributed by atoms with Crippen molar-refractivity contribution in [1.29, 1.82) is 0 Å². The molecule has 0 atom stereocenters. The van der Waals surface area contributed by atoms with Crippen LogP contribution in [0.3, 0.4) is 0 Å². The minimum atomic E-state index is 0.0584. The fourth-order valence-corrected chi connectivity index (χ4v) is 0.821. The van der Waals surface area contributed by atoms with Gasteiger partial charge in [-0.05, 0) is 19.1 Å². The summed E-state index contributed by atoms with van der Waals surface area (Å²) in [7, 11) is 0. The highest BCUT2D eigenvalue weighted by atomic mass is 16.1. The molecule has 2 nitrogen and oxygen atoms in total. The highest BCUT2D eigenvalue weighted by Crippen LogP contribution is 2.15. The quantitative estimate of drug-likeness (QED) is 0.617. The summed E-state index contributed by atoms with van der Waals surface area (Å²) in [6.07, 6.45) is 9.20. The topological polar surface area (TPSA) is 30.0 Å². The van der Waals surface area contributed by atoms with E-state index in [0.717, 1.165) is 0 Å². The van der Waals surface area contributed by atoms with Gasteiger partial charge in [-0.25, -0.2) is 0 Å². The molecule has 2 rings (SSSR count). The predicted molar refractivity (Wildman–Crippen MR) is 52.7 cm³/mol. The molecule has 1 fully saturated rings. The van der Waals surface area contributed by atoms with Gasteiger partial charge < -0.3 is 0 Å². The maximum Gasteiger partial charge on any atom is 0.161 e. The summed E-state index contributed by atoms with van der Waals surface area (Å²) in [5.74, 6) is 0.0584. The number of hydrogen-bond donors (Lipinski definition) is 0. The van der Waals surface area contributed by atoms with Gasteiger partial charge in [-0.3, -0.25) is 9.78 Å². The molecular formula is C11H15NO. The summed E-state index contributed by atoms with van der Waals surface area (Å²) in [5.41, 5.74) is 0.664. The van der Waals surface area contributed by atoms with Crippen LogP contribution < -0.4 is 0 Å². The van der Waals surface area contributed by atoms with Crippen LogP contribution in [-0.2, 0) is 0 Å². The van der Waals surface area contributed by atoms with E-state index in [4.69, 9.17) is 0 Å². The van der Waals surface area contributed by atoms with Crippen LogP contribution >= 0.6 is 0 Å². The molecule has 70 valence electrons. The lowest BCUT2D eigenvalue weighted by atomic mass is 10.0. The Bertz CT molecular complexity index is 248. The first-order valence-corrected chi connectivity index (χ1v) is 4.71. The van der Waals surface area contributed by atoms with E-state index in [2.05, 4.69) is 4.98 Å². The first-order chi connectivity index (χ1) is 6.30. The highest BCUT2D eigenvalue weighted by Gasteiger charge is 1.95. The molecule has 1 aliphatic rings. The van der Waals surface area contributed by atoms with Crippen molar-refractivity contribution < 1.29 is 4.79 Å². The van der Waals surface area contributed by atoms with Crippen molar-refractivity contribution in [3.8, 4) is 0 Å². The third-order valence-corrected chi connectivity index (χ3v) is 2.07. The van der Waals surface area contributed by atoms with E-state index in [9.17, 15) is 4.79 Å². The first-order valence-electron chi connectivity index (χ1n) is 4.71. The smallest absolute Gasteiger partial charge is 0.161 e. The number of hydrogen-bond acceptors (Lipinski definition) is 2. The normalized spacial score (nSPS) is 13.6. The lowest BCUT2D eigenvalue weighted by Gasteiger charge is -2.05. The van der Waals surface area contributed by atoms with Gasteiger partial charge in [0.15, 0.2) is 5.78 Å². The molecule has 2 heteroatoms. The predicted octanol–water partition coefficient (Wildman–Crippen LogP) is 2.84. The van der Waals surface area contributed by atoms with Crippen molar-refractivity contribution in [1.82, 2.24) is 4.98 Å². The van der Waals surface area contributed by atoms with E-state index in [1.54, 1.807) is 24.5 Å². The van der Waals surface area contributed by atoms with Gasteiger partial charge >= 0.3 is 0 Å². The van der Waals surface area contributed by atoms with E-state index in [0.29, 0.717) is 5.56 Å². The van der Waals surface area contributed by atoms with Crippen LogP contribution in [-0.4, -0.2) is 10.8 Å². The number of nitrogens with zero attached hydrogens (tertiary/aromatic N) is 1. The van der Waals surface area contributed by atoms with Gasteiger partial charge in [-0.2, -0.15) is 0 Å². The molecule has 0 unspecified atom stereocenters. The minimum Gasteiger partial charge on any atom is -0.294 e. The third kappa shape index (κ3) is 3.83. The summed E-state index contributed by atoms with van der Waals surface area (Å²) >= 11 is 0. The number of ketones is 1. The molecule has 0 radical (unpaired) electrons. The van der Waals surface area contributed by atoms with Crippen LogP contribution in [0.15, 0.2) is 24.5 Å². The molecule has 1 aliphatic carbocycles.